The van der Waals surface area contributed by atoms with Crippen LogP contribution in [0.5, 0.6) is 0 Å². The van der Waals surface area contributed by atoms with Crippen molar-refractivity contribution in [1.29, 1.82) is 0 Å². The molecule has 0 amide bonds. The first-order valence-electron chi connectivity index (χ1n) is 2.74. The van der Waals surface area contributed by atoms with Crippen LogP contribution in [0.3, 0.4) is 0 Å². The Morgan fingerprint density at radius 3 is 1.75 bits per heavy atom. The highest BCUT2D eigenvalue weighted by Crippen LogP contribution is 2.08. The summed E-state index contributed by atoms with van der Waals surface area (Å²) in [4.78, 5) is 1.87. The Morgan fingerprint density at radius 1 is 1.38 bits per heavy atom. The van der Waals surface area contributed by atoms with Crippen LogP contribution in [0.2, 0.25) is 0 Å². The predicted octanol–water partition coefficient (Wildman–Crippen LogP) is 1.30. The van der Waals surface area contributed by atoms with Crippen LogP contribution in [0, 0.1) is 0 Å². The molecule has 0 saturated carbocycles. The molecule has 2 heteroatoms. The van der Waals surface area contributed by atoms with Crippen LogP contribution in [0.4, 0.5) is 4.39 Å². The summed E-state index contributed by atoms with van der Waals surface area (Å²) in [5, 5.41) is 0. The van der Waals surface area contributed by atoms with E-state index < -0.39 is 0 Å². The van der Waals surface area contributed by atoms with Gasteiger partial charge >= 0.3 is 0 Å². The van der Waals surface area contributed by atoms with Gasteiger partial charge in [0.1, 0.15) is 6.67 Å². The van der Waals surface area contributed by atoms with Crippen molar-refractivity contribution < 1.29 is 4.39 Å². The van der Waals surface area contributed by atoms with E-state index in [2.05, 4.69) is 0 Å². The Hall–Kier alpha value is -0.110. The van der Waals surface area contributed by atoms with Gasteiger partial charge < -0.3 is 4.90 Å². The Morgan fingerprint density at radius 2 is 1.75 bits per heavy atom. The van der Waals surface area contributed by atoms with Crippen LogP contribution >= 0.6 is 0 Å². The summed E-state index contributed by atoms with van der Waals surface area (Å²) in [6.45, 7) is 3.44. The highest BCUT2D eigenvalue weighted by molar-refractivity contribution is 4.74. The SMILES string of the molecule is CN(C)C(C)(C)CF. The number of rotatable bonds is 2. The van der Waals surface area contributed by atoms with Crippen LogP contribution < -0.4 is 0 Å². The number of hydrogen-bond acceptors (Lipinski definition) is 1. The zero-order chi connectivity index (χ0) is 6.78. The Balaban J connectivity index is 3.71. The quantitative estimate of drug-likeness (QED) is 0.529. The molecule has 8 heavy (non-hydrogen) atoms. The van der Waals surface area contributed by atoms with Crippen molar-refractivity contribution in [2.75, 3.05) is 20.8 Å². The van der Waals surface area contributed by atoms with Crippen LogP contribution in [0.1, 0.15) is 13.8 Å². The van der Waals surface area contributed by atoms with Crippen molar-refractivity contribution >= 4 is 0 Å². The zero-order valence-corrected chi connectivity index (χ0v) is 6.03. The standard InChI is InChI=1S/C6H14FN/c1-6(2,5-7)8(3)4/h5H2,1-4H3. The molecular formula is C6H14FN. The first-order chi connectivity index (χ1) is 3.50. The molecule has 0 N–H and O–H groups in total. The third-order valence-corrected chi connectivity index (χ3v) is 1.54. The molecule has 0 spiro atoms. The second-order valence-electron chi connectivity index (χ2n) is 2.84. The summed E-state index contributed by atoms with van der Waals surface area (Å²) in [7, 11) is 3.75. The minimum absolute atomic E-state index is 0.292. The Bertz CT molecular complexity index is 68.9. The Kier molecular flexibility index (Phi) is 2.41. The third kappa shape index (κ3) is 1.78. The lowest BCUT2D eigenvalue weighted by Crippen LogP contribution is -2.39. The topological polar surface area (TPSA) is 3.24 Å². The van der Waals surface area contributed by atoms with Gasteiger partial charge in [0.2, 0.25) is 0 Å². The van der Waals surface area contributed by atoms with Crippen molar-refractivity contribution in [2.24, 2.45) is 0 Å². The average Bonchev–Trinajstić information content (AvgIpc) is 1.67. The van der Waals surface area contributed by atoms with E-state index in [9.17, 15) is 4.39 Å². The first kappa shape index (κ1) is 7.89. The molecule has 0 unspecified atom stereocenters. The molecule has 0 aromatic heterocycles. The molecule has 0 aromatic rings. The highest BCUT2D eigenvalue weighted by Gasteiger charge is 2.18. The van der Waals surface area contributed by atoms with E-state index in [1.807, 2.05) is 32.8 Å². The van der Waals surface area contributed by atoms with Gasteiger partial charge in [-0.25, -0.2) is 4.39 Å². The smallest absolute Gasteiger partial charge is 0.107 e. The van der Waals surface area contributed by atoms with Crippen LogP contribution in [0.15, 0.2) is 0 Å². The van der Waals surface area contributed by atoms with E-state index in [1.165, 1.54) is 0 Å². The van der Waals surface area contributed by atoms with E-state index in [-0.39, 0.29) is 12.2 Å². The monoisotopic (exact) mass is 119 g/mol. The van der Waals surface area contributed by atoms with Gasteiger partial charge in [0, 0.05) is 5.54 Å². The summed E-state index contributed by atoms with van der Waals surface area (Å²) in [6.07, 6.45) is 0. The van der Waals surface area contributed by atoms with Crippen LogP contribution in [-0.4, -0.2) is 31.2 Å². The van der Waals surface area contributed by atoms with E-state index in [0.29, 0.717) is 0 Å². The summed E-state index contributed by atoms with van der Waals surface area (Å²) in [5.74, 6) is 0. The van der Waals surface area contributed by atoms with E-state index in [4.69, 9.17) is 0 Å². The van der Waals surface area contributed by atoms with Crippen molar-refractivity contribution in [3.05, 3.63) is 0 Å². The molecule has 50 valence electrons. The summed E-state index contributed by atoms with van der Waals surface area (Å²) < 4.78 is 12.0. The fourth-order valence-electron chi connectivity index (χ4n) is 0.120. The predicted molar refractivity (Wildman–Crippen MR) is 33.7 cm³/mol. The second-order valence-corrected chi connectivity index (χ2v) is 2.84. The lowest BCUT2D eigenvalue weighted by molar-refractivity contribution is 0.152. The molecule has 0 fully saturated rings. The molecule has 0 saturated heterocycles. The lowest BCUT2D eigenvalue weighted by Gasteiger charge is -2.28. The molecule has 0 aromatic carbocycles. The molecule has 0 aliphatic heterocycles. The van der Waals surface area contributed by atoms with E-state index in [1.54, 1.807) is 0 Å². The van der Waals surface area contributed by atoms with Gasteiger partial charge in [-0.15, -0.1) is 0 Å². The van der Waals surface area contributed by atoms with Gasteiger partial charge in [-0.3, -0.25) is 0 Å². The van der Waals surface area contributed by atoms with Crippen molar-refractivity contribution in [2.45, 2.75) is 19.4 Å². The fraction of sp³-hybridized carbons (Fsp3) is 1.00. The lowest BCUT2D eigenvalue weighted by atomic mass is 10.1. The van der Waals surface area contributed by atoms with Gasteiger partial charge in [-0.1, -0.05) is 0 Å². The third-order valence-electron chi connectivity index (χ3n) is 1.54. The fourth-order valence-corrected chi connectivity index (χ4v) is 0.120. The molecule has 0 bridgehead atoms. The first-order valence-corrected chi connectivity index (χ1v) is 2.74. The van der Waals surface area contributed by atoms with Gasteiger partial charge in [0.25, 0.3) is 0 Å². The molecule has 0 aliphatic carbocycles. The minimum Gasteiger partial charge on any atom is -0.302 e. The number of hydrogen-bond donors (Lipinski definition) is 0. The summed E-state index contributed by atoms with van der Waals surface area (Å²) >= 11 is 0. The maximum Gasteiger partial charge on any atom is 0.107 e. The minimum atomic E-state index is -0.292. The normalized spacial score (nSPS) is 12.8. The number of nitrogens with zero attached hydrogens (tertiary/aromatic N) is 1. The molecule has 0 aliphatic rings. The molecular weight excluding hydrogens is 105 g/mol. The average molecular weight is 119 g/mol. The molecule has 0 heterocycles. The zero-order valence-electron chi connectivity index (χ0n) is 6.03. The van der Waals surface area contributed by atoms with Crippen molar-refractivity contribution in [3.63, 3.8) is 0 Å². The number of halogens is 1. The maximum absolute atomic E-state index is 12.0. The van der Waals surface area contributed by atoms with Crippen molar-refractivity contribution in [1.82, 2.24) is 4.90 Å². The van der Waals surface area contributed by atoms with E-state index in [0.717, 1.165) is 0 Å². The summed E-state index contributed by atoms with van der Waals surface area (Å²) in [6, 6.07) is 0. The van der Waals surface area contributed by atoms with Gasteiger partial charge in [0.05, 0.1) is 0 Å². The second kappa shape index (κ2) is 2.44. The largest absolute Gasteiger partial charge is 0.302 e. The van der Waals surface area contributed by atoms with Crippen molar-refractivity contribution in [3.8, 4) is 0 Å². The molecule has 0 radical (unpaired) electrons. The Labute approximate surface area is 50.5 Å². The maximum atomic E-state index is 12.0. The molecule has 0 atom stereocenters. The van der Waals surface area contributed by atoms with Gasteiger partial charge in [-0.2, -0.15) is 0 Å². The molecule has 0 rings (SSSR count). The number of alkyl halides is 1. The van der Waals surface area contributed by atoms with Gasteiger partial charge in [0.15, 0.2) is 0 Å². The highest BCUT2D eigenvalue weighted by atomic mass is 19.1. The van der Waals surface area contributed by atoms with Crippen LogP contribution in [0.25, 0.3) is 0 Å². The van der Waals surface area contributed by atoms with Crippen LogP contribution in [-0.2, 0) is 0 Å². The van der Waals surface area contributed by atoms with Gasteiger partial charge in [-0.05, 0) is 27.9 Å². The van der Waals surface area contributed by atoms with E-state index >= 15 is 0 Å². The molecule has 1 nitrogen and oxygen atoms in total. The summed E-state index contributed by atoms with van der Waals surface area (Å²) in [5.41, 5.74) is -0.292.